The Morgan fingerprint density at radius 1 is 1.47 bits per heavy atom. The highest BCUT2D eigenvalue weighted by molar-refractivity contribution is 5.91. The summed E-state index contributed by atoms with van der Waals surface area (Å²) in [5.41, 5.74) is 2.74. The van der Waals surface area contributed by atoms with Crippen molar-refractivity contribution in [2.24, 2.45) is 5.92 Å². The van der Waals surface area contributed by atoms with Gasteiger partial charge in [0.05, 0.1) is 18.5 Å². The third kappa shape index (κ3) is 1.87. The number of carboxylic acids is 1. The number of aromatic amines is 1. The summed E-state index contributed by atoms with van der Waals surface area (Å²) in [6.07, 6.45) is 2.01. The third-order valence-electron chi connectivity index (χ3n) is 3.98. The number of benzene rings is 1. The Morgan fingerprint density at radius 2 is 2.21 bits per heavy atom. The molecular weight excluding hydrogens is 242 g/mol. The van der Waals surface area contributed by atoms with Crippen molar-refractivity contribution in [3.05, 3.63) is 29.5 Å². The summed E-state index contributed by atoms with van der Waals surface area (Å²) in [6, 6.07) is 5.81. The maximum absolute atomic E-state index is 11.5. The topological polar surface area (TPSA) is 62.3 Å². The Morgan fingerprint density at radius 3 is 2.79 bits per heavy atom. The molecule has 2 aromatic rings. The van der Waals surface area contributed by atoms with Crippen molar-refractivity contribution in [1.82, 2.24) is 4.98 Å². The number of H-pyrrole nitrogens is 1. The van der Waals surface area contributed by atoms with Gasteiger partial charge in [0.15, 0.2) is 0 Å². The van der Waals surface area contributed by atoms with E-state index >= 15 is 0 Å². The van der Waals surface area contributed by atoms with Gasteiger partial charge in [-0.3, -0.25) is 4.79 Å². The number of aromatic nitrogens is 1. The van der Waals surface area contributed by atoms with Crippen molar-refractivity contribution in [3.63, 3.8) is 0 Å². The molecule has 1 aromatic heterocycles. The van der Waals surface area contributed by atoms with Crippen LogP contribution in [0.3, 0.4) is 0 Å². The zero-order valence-corrected chi connectivity index (χ0v) is 11.1. The van der Waals surface area contributed by atoms with Gasteiger partial charge in [-0.15, -0.1) is 0 Å². The molecule has 3 rings (SSSR count). The van der Waals surface area contributed by atoms with Crippen LogP contribution in [-0.2, 0) is 4.79 Å². The lowest BCUT2D eigenvalue weighted by Gasteiger charge is -2.10. The monoisotopic (exact) mass is 259 g/mol. The van der Waals surface area contributed by atoms with Gasteiger partial charge in [0.25, 0.3) is 0 Å². The summed E-state index contributed by atoms with van der Waals surface area (Å²) in [6.45, 7) is 1.98. The Bertz CT molecular complexity index is 640. The van der Waals surface area contributed by atoms with Crippen LogP contribution >= 0.6 is 0 Å². The number of aliphatic carboxylic acids is 1. The van der Waals surface area contributed by atoms with Crippen LogP contribution in [-0.4, -0.2) is 23.2 Å². The molecule has 4 nitrogen and oxygen atoms in total. The van der Waals surface area contributed by atoms with Crippen molar-refractivity contribution < 1.29 is 14.6 Å². The first-order chi connectivity index (χ1) is 9.13. The van der Waals surface area contributed by atoms with Gasteiger partial charge in [-0.25, -0.2) is 0 Å². The van der Waals surface area contributed by atoms with E-state index in [1.54, 1.807) is 7.11 Å². The van der Waals surface area contributed by atoms with Crippen molar-refractivity contribution in [1.29, 1.82) is 0 Å². The highest BCUT2D eigenvalue weighted by Gasteiger charge is 2.39. The largest absolute Gasteiger partial charge is 0.495 e. The molecule has 0 bridgehead atoms. The Hall–Kier alpha value is -1.97. The van der Waals surface area contributed by atoms with Gasteiger partial charge in [0, 0.05) is 11.1 Å². The first-order valence-corrected chi connectivity index (χ1v) is 6.51. The van der Waals surface area contributed by atoms with Gasteiger partial charge in [-0.1, -0.05) is 12.1 Å². The number of fused-ring (bicyclic) bond motifs is 1. The number of para-hydroxylation sites is 1. The predicted molar refractivity (Wildman–Crippen MR) is 72.7 cm³/mol. The Kier molecular flexibility index (Phi) is 2.73. The number of aryl methyl sites for hydroxylation is 1. The Labute approximate surface area is 111 Å². The van der Waals surface area contributed by atoms with Gasteiger partial charge in [-0.05, 0) is 37.3 Å². The minimum Gasteiger partial charge on any atom is -0.495 e. The van der Waals surface area contributed by atoms with Crippen molar-refractivity contribution >= 4 is 16.9 Å². The van der Waals surface area contributed by atoms with Crippen molar-refractivity contribution in [2.75, 3.05) is 7.11 Å². The van der Waals surface area contributed by atoms with E-state index in [1.807, 2.05) is 25.1 Å². The minimum absolute atomic E-state index is 0.273. The number of carboxylic acid groups (broad SMARTS) is 1. The molecule has 1 atom stereocenters. The van der Waals surface area contributed by atoms with Crippen LogP contribution in [0, 0.1) is 12.8 Å². The van der Waals surface area contributed by atoms with Crippen LogP contribution in [0.15, 0.2) is 18.2 Å². The molecule has 1 aliphatic rings. The smallest absolute Gasteiger partial charge is 0.312 e. The zero-order chi connectivity index (χ0) is 13.6. The van der Waals surface area contributed by atoms with Crippen molar-refractivity contribution in [2.45, 2.75) is 25.7 Å². The minimum atomic E-state index is -0.740. The van der Waals surface area contributed by atoms with Crippen LogP contribution in [0.4, 0.5) is 0 Å². The highest BCUT2D eigenvalue weighted by Crippen LogP contribution is 2.45. The second-order valence-corrected chi connectivity index (χ2v) is 5.20. The molecule has 0 spiro atoms. The van der Waals surface area contributed by atoms with E-state index in [4.69, 9.17) is 4.74 Å². The molecule has 1 unspecified atom stereocenters. The molecule has 1 fully saturated rings. The number of carbonyl (C=O) groups is 1. The second-order valence-electron chi connectivity index (χ2n) is 5.20. The number of ether oxygens (including phenoxy) is 1. The number of hydrogen-bond donors (Lipinski definition) is 2. The molecule has 1 saturated carbocycles. The van der Waals surface area contributed by atoms with Gasteiger partial charge < -0.3 is 14.8 Å². The van der Waals surface area contributed by atoms with Gasteiger partial charge in [0.2, 0.25) is 0 Å². The molecule has 2 N–H and O–H groups in total. The lowest BCUT2D eigenvalue weighted by Crippen LogP contribution is -2.15. The van der Waals surface area contributed by atoms with Crippen LogP contribution in [0.1, 0.15) is 30.0 Å². The number of hydrogen-bond acceptors (Lipinski definition) is 2. The number of rotatable bonds is 4. The maximum Gasteiger partial charge on any atom is 0.312 e. The third-order valence-corrected chi connectivity index (χ3v) is 3.98. The van der Waals surface area contributed by atoms with Crippen molar-refractivity contribution in [3.8, 4) is 5.75 Å². The van der Waals surface area contributed by atoms with E-state index in [0.717, 1.165) is 40.8 Å². The van der Waals surface area contributed by atoms with E-state index < -0.39 is 11.9 Å². The average molecular weight is 259 g/mol. The molecule has 0 aliphatic heterocycles. The summed E-state index contributed by atoms with van der Waals surface area (Å²) in [5, 5.41) is 10.5. The predicted octanol–water partition coefficient (Wildman–Crippen LogP) is 3.06. The Balaban J connectivity index is 2.18. The van der Waals surface area contributed by atoms with E-state index in [-0.39, 0.29) is 5.92 Å². The highest BCUT2D eigenvalue weighted by atomic mass is 16.5. The molecule has 0 saturated heterocycles. The standard InChI is InChI=1S/C15H17NO3/c1-8-10-4-3-5-11(19-2)14(10)16-13(8)12(15(17)18)9-6-7-9/h3-5,9,12,16H,6-7H2,1-2H3,(H,17,18). The fraction of sp³-hybridized carbons (Fsp3) is 0.400. The maximum atomic E-state index is 11.5. The normalized spacial score (nSPS) is 16.5. The van der Waals surface area contributed by atoms with Crippen LogP contribution < -0.4 is 4.74 Å². The molecule has 1 aromatic carbocycles. The van der Waals surface area contributed by atoms with Crippen LogP contribution in [0.2, 0.25) is 0 Å². The number of methoxy groups -OCH3 is 1. The second kappa shape index (κ2) is 4.30. The summed E-state index contributed by atoms with van der Waals surface area (Å²) in [7, 11) is 1.63. The molecule has 1 heterocycles. The molecule has 0 amide bonds. The first kappa shape index (κ1) is 12.1. The van der Waals surface area contributed by atoms with E-state index in [9.17, 15) is 9.90 Å². The van der Waals surface area contributed by atoms with E-state index in [0.29, 0.717) is 0 Å². The van der Waals surface area contributed by atoms with Gasteiger partial charge in [-0.2, -0.15) is 0 Å². The van der Waals surface area contributed by atoms with Gasteiger partial charge in [0.1, 0.15) is 5.75 Å². The molecular formula is C15H17NO3. The van der Waals surface area contributed by atoms with E-state index in [1.165, 1.54) is 0 Å². The van der Waals surface area contributed by atoms with Crippen LogP contribution in [0.5, 0.6) is 5.75 Å². The lowest BCUT2D eigenvalue weighted by atomic mass is 9.96. The van der Waals surface area contributed by atoms with Crippen LogP contribution in [0.25, 0.3) is 10.9 Å². The average Bonchev–Trinajstić information content (AvgIpc) is 3.16. The molecule has 1 aliphatic carbocycles. The fourth-order valence-corrected chi connectivity index (χ4v) is 2.82. The lowest BCUT2D eigenvalue weighted by molar-refractivity contribution is -0.139. The fourth-order valence-electron chi connectivity index (χ4n) is 2.82. The quantitative estimate of drug-likeness (QED) is 0.887. The zero-order valence-electron chi connectivity index (χ0n) is 11.1. The summed E-state index contributed by atoms with van der Waals surface area (Å²) >= 11 is 0. The SMILES string of the molecule is COc1cccc2c(C)c(C(C(=O)O)C3CC3)[nH]c12. The number of nitrogens with one attached hydrogen (secondary N) is 1. The van der Waals surface area contributed by atoms with Gasteiger partial charge >= 0.3 is 5.97 Å². The molecule has 19 heavy (non-hydrogen) atoms. The molecule has 4 heteroatoms. The summed E-state index contributed by atoms with van der Waals surface area (Å²) in [4.78, 5) is 14.8. The summed E-state index contributed by atoms with van der Waals surface area (Å²) < 4.78 is 5.33. The molecule has 0 radical (unpaired) electrons. The first-order valence-electron chi connectivity index (χ1n) is 6.51. The van der Waals surface area contributed by atoms with E-state index in [2.05, 4.69) is 4.98 Å². The molecule has 100 valence electrons. The summed E-state index contributed by atoms with van der Waals surface area (Å²) in [5.74, 6) is -0.129.